The molecule has 108 valence electrons. The van der Waals surface area contributed by atoms with Crippen LogP contribution in [0, 0.1) is 0 Å². The van der Waals surface area contributed by atoms with E-state index in [0.717, 1.165) is 5.56 Å². The largest absolute Gasteiger partial charge is 0.506 e. The Morgan fingerprint density at radius 3 is 2.52 bits per heavy atom. The molecule has 0 aliphatic rings. The Kier molecular flexibility index (Phi) is 4.50. The van der Waals surface area contributed by atoms with Crippen LogP contribution in [0.3, 0.4) is 0 Å². The van der Waals surface area contributed by atoms with Crippen LogP contribution in [0.1, 0.15) is 22.8 Å². The lowest BCUT2D eigenvalue weighted by Crippen LogP contribution is -2.22. The van der Waals surface area contributed by atoms with Crippen LogP contribution in [0.25, 0.3) is 0 Å². The van der Waals surface area contributed by atoms with Gasteiger partial charge in [-0.1, -0.05) is 12.1 Å². The first-order valence-corrected chi connectivity index (χ1v) is 6.33. The average molecular weight is 285 g/mol. The predicted molar refractivity (Wildman–Crippen MR) is 77.8 cm³/mol. The molecule has 2 rings (SSSR count). The van der Waals surface area contributed by atoms with Gasteiger partial charge in [-0.2, -0.15) is 0 Å². The van der Waals surface area contributed by atoms with Gasteiger partial charge in [0.25, 0.3) is 5.91 Å². The number of benzene rings is 1. The number of amides is 2. The highest BCUT2D eigenvalue weighted by molar-refractivity contribution is 5.94. The van der Waals surface area contributed by atoms with Crippen molar-refractivity contribution in [3.05, 3.63) is 53.9 Å². The Hall–Kier alpha value is -2.89. The van der Waals surface area contributed by atoms with Crippen LogP contribution < -0.4 is 10.6 Å². The van der Waals surface area contributed by atoms with E-state index in [1.807, 2.05) is 12.1 Å². The van der Waals surface area contributed by atoms with E-state index in [9.17, 15) is 14.7 Å². The highest BCUT2D eigenvalue weighted by Crippen LogP contribution is 2.11. The molecule has 2 amide bonds. The van der Waals surface area contributed by atoms with Crippen LogP contribution in [0.15, 0.2) is 42.7 Å². The minimum absolute atomic E-state index is 0.0534. The van der Waals surface area contributed by atoms with E-state index in [0.29, 0.717) is 17.8 Å². The summed E-state index contributed by atoms with van der Waals surface area (Å²) in [7, 11) is 0. The fourth-order valence-corrected chi connectivity index (χ4v) is 1.75. The zero-order valence-corrected chi connectivity index (χ0v) is 11.5. The summed E-state index contributed by atoms with van der Waals surface area (Å²) < 4.78 is 0. The predicted octanol–water partition coefficient (Wildman–Crippen LogP) is 1.68. The van der Waals surface area contributed by atoms with Crippen molar-refractivity contribution in [2.24, 2.45) is 0 Å². The van der Waals surface area contributed by atoms with Crippen molar-refractivity contribution in [3.63, 3.8) is 0 Å². The van der Waals surface area contributed by atoms with Crippen LogP contribution in [0.5, 0.6) is 5.75 Å². The second-order valence-corrected chi connectivity index (χ2v) is 4.49. The van der Waals surface area contributed by atoms with Crippen LogP contribution in [-0.2, 0) is 11.3 Å². The number of carbonyl (C=O) groups excluding carboxylic acids is 2. The van der Waals surface area contributed by atoms with Crippen molar-refractivity contribution >= 4 is 17.5 Å². The van der Waals surface area contributed by atoms with Gasteiger partial charge in [-0.25, -0.2) is 0 Å². The van der Waals surface area contributed by atoms with E-state index in [1.54, 1.807) is 12.1 Å². The Labute approximate surface area is 121 Å². The van der Waals surface area contributed by atoms with Gasteiger partial charge in [0.1, 0.15) is 5.75 Å². The third kappa shape index (κ3) is 4.31. The molecule has 21 heavy (non-hydrogen) atoms. The van der Waals surface area contributed by atoms with E-state index < -0.39 is 0 Å². The van der Waals surface area contributed by atoms with E-state index in [4.69, 9.17) is 0 Å². The number of rotatable bonds is 4. The van der Waals surface area contributed by atoms with Gasteiger partial charge in [-0.15, -0.1) is 0 Å². The van der Waals surface area contributed by atoms with Gasteiger partial charge < -0.3 is 15.7 Å². The molecule has 0 fully saturated rings. The number of nitrogens with one attached hydrogen (secondary N) is 2. The normalized spacial score (nSPS) is 9.95. The van der Waals surface area contributed by atoms with Crippen LogP contribution in [-0.4, -0.2) is 21.9 Å². The topological polar surface area (TPSA) is 91.3 Å². The Morgan fingerprint density at radius 2 is 1.90 bits per heavy atom. The molecule has 1 aromatic heterocycles. The maximum absolute atomic E-state index is 11.9. The molecule has 0 spiro atoms. The van der Waals surface area contributed by atoms with E-state index >= 15 is 0 Å². The third-order valence-corrected chi connectivity index (χ3v) is 2.71. The summed E-state index contributed by atoms with van der Waals surface area (Å²) in [6.45, 7) is 1.78. The number of aromatic nitrogens is 1. The first-order chi connectivity index (χ1) is 10.0. The maximum atomic E-state index is 11.9. The molecule has 0 saturated heterocycles. The monoisotopic (exact) mass is 285 g/mol. The lowest BCUT2D eigenvalue weighted by Gasteiger charge is -2.07. The number of pyridine rings is 1. The Bertz CT molecular complexity index is 653. The zero-order valence-electron chi connectivity index (χ0n) is 11.5. The molecular formula is C15H15N3O3. The fraction of sp³-hybridized carbons (Fsp3) is 0.133. The Balaban J connectivity index is 1.93. The summed E-state index contributed by atoms with van der Waals surface area (Å²) in [6, 6.07) is 8.50. The average Bonchev–Trinajstić information content (AvgIpc) is 2.45. The number of carbonyl (C=O) groups is 2. The molecule has 2 aromatic rings. The summed E-state index contributed by atoms with van der Waals surface area (Å²) in [5.74, 6) is -0.501. The van der Waals surface area contributed by atoms with E-state index in [2.05, 4.69) is 15.6 Å². The molecule has 0 atom stereocenters. The molecular weight excluding hydrogens is 270 g/mol. The van der Waals surface area contributed by atoms with Crippen molar-refractivity contribution in [2.45, 2.75) is 13.5 Å². The van der Waals surface area contributed by atoms with Crippen molar-refractivity contribution in [3.8, 4) is 5.75 Å². The van der Waals surface area contributed by atoms with Crippen molar-refractivity contribution < 1.29 is 14.7 Å². The van der Waals surface area contributed by atoms with Gasteiger partial charge in [-0.05, 0) is 23.8 Å². The quantitative estimate of drug-likeness (QED) is 0.797. The number of hydrogen-bond acceptors (Lipinski definition) is 4. The highest BCUT2D eigenvalue weighted by Gasteiger charge is 2.06. The van der Waals surface area contributed by atoms with E-state index in [-0.39, 0.29) is 17.6 Å². The third-order valence-electron chi connectivity index (χ3n) is 2.71. The molecule has 0 bridgehead atoms. The first kappa shape index (κ1) is 14.5. The molecule has 3 N–H and O–H groups in total. The standard InChI is InChI=1S/C15H15N3O3/c1-10(19)18-13-4-2-11(3-5-13)7-17-15(21)12-6-14(20)9-16-8-12/h2-6,8-9,20H,7H2,1H3,(H,17,21)(H,18,19). The molecule has 1 heterocycles. The smallest absolute Gasteiger partial charge is 0.253 e. The summed E-state index contributed by atoms with van der Waals surface area (Å²) in [5, 5.41) is 14.7. The van der Waals surface area contributed by atoms with Crippen LogP contribution >= 0.6 is 0 Å². The van der Waals surface area contributed by atoms with Gasteiger partial charge >= 0.3 is 0 Å². The second kappa shape index (κ2) is 6.51. The first-order valence-electron chi connectivity index (χ1n) is 6.33. The maximum Gasteiger partial charge on any atom is 0.253 e. The molecule has 0 saturated carbocycles. The summed E-state index contributed by atoms with van der Waals surface area (Å²) >= 11 is 0. The summed E-state index contributed by atoms with van der Waals surface area (Å²) in [4.78, 5) is 26.5. The number of anilines is 1. The molecule has 6 heteroatoms. The van der Waals surface area contributed by atoms with Crippen molar-refractivity contribution in [2.75, 3.05) is 5.32 Å². The summed E-state index contributed by atoms with van der Waals surface area (Å²) in [6.07, 6.45) is 2.65. The lowest BCUT2D eigenvalue weighted by atomic mass is 10.2. The number of aromatic hydroxyl groups is 1. The SMILES string of the molecule is CC(=O)Nc1ccc(CNC(=O)c2cncc(O)c2)cc1. The van der Waals surface area contributed by atoms with Gasteiger partial charge in [0.15, 0.2) is 0 Å². The van der Waals surface area contributed by atoms with Gasteiger partial charge in [0, 0.05) is 25.4 Å². The lowest BCUT2D eigenvalue weighted by molar-refractivity contribution is -0.114. The fourth-order valence-electron chi connectivity index (χ4n) is 1.75. The zero-order chi connectivity index (χ0) is 15.2. The van der Waals surface area contributed by atoms with Gasteiger partial charge in [0.05, 0.1) is 11.8 Å². The summed E-state index contributed by atoms with van der Waals surface area (Å²) in [5.41, 5.74) is 1.89. The van der Waals surface area contributed by atoms with Crippen molar-refractivity contribution in [1.82, 2.24) is 10.3 Å². The van der Waals surface area contributed by atoms with Crippen molar-refractivity contribution in [1.29, 1.82) is 0 Å². The minimum atomic E-state index is -0.315. The number of hydrogen-bond donors (Lipinski definition) is 3. The number of nitrogens with zero attached hydrogens (tertiary/aromatic N) is 1. The van der Waals surface area contributed by atoms with Gasteiger partial charge in [0.2, 0.25) is 5.91 Å². The molecule has 0 aliphatic heterocycles. The van der Waals surface area contributed by atoms with Gasteiger partial charge in [-0.3, -0.25) is 14.6 Å². The van der Waals surface area contributed by atoms with Crippen LogP contribution in [0.2, 0.25) is 0 Å². The second-order valence-electron chi connectivity index (χ2n) is 4.49. The molecule has 1 aromatic carbocycles. The van der Waals surface area contributed by atoms with E-state index in [1.165, 1.54) is 25.4 Å². The molecule has 0 aliphatic carbocycles. The minimum Gasteiger partial charge on any atom is -0.506 e. The molecule has 0 unspecified atom stereocenters. The molecule has 6 nitrogen and oxygen atoms in total. The highest BCUT2D eigenvalue weighted by atomic mass is 16.3. The molecule has 0 radical (unpaired) electrons. The Morgan fingerprint density at radius 1 is 1.19 bits per heavy atom. The van der Waals surface area contributed by atoms with Crippen LogP contribution in [0.4, 0.5) is 5.69 Å².